The highest BCUT2D eigenvalue weighted by atomic mass is 19.1. The molecule has 0 spiro atoms. The zero-order valence-corrected chi connectivity index (χ0v) is 18.3. The summed E-state index contributed by atoms with van der Waals surface area (Å²) in [7, 11) is 0. The first-order chi connectivity index (χ1) is 14.9. The Balaban J connectivity index is 1.40. The van der Waals surface area contributed by atoms with E-state index in [2.05, 4.69) is 40.5 Å². The summed E-state index contributed by atoms with van der Waals surface area (Å²) in [5.41, 5.74) is 3.42. The molecular formula is C26H33FN2O2. The highest BCUT2D eigenvalue weighted by Gasteiger charge is 2.41. The van der Waals surface area contributed by atoms with Gasteiger partial charge in [0.2, 0.25) is 0 Å². The van der Waals surface area contributed by atoms with Crippen LogP contribution in [0.2, 0.25) is 0 Å². The lowest BCUT2D eigenvalue weighted by molar-refractivity contribution is -0.137. The first-order valence-corrected chi connectivity index (χ1v) is 11.4. The number of benzene rings is 2. The molecule has 2 aliphatic rings. The minimum Gasteiger partial charge on any atom is -0.481 e. The Labute approximate surface area is 184 Å². The SMILES string of the molecule is Cc1cc(CC2(CN[C@@H]3CC3c3ccccc3)CCN(CCC(=O)O)CC2)ccc1F. The maximum atomic E-state index is 13.8. The Morgan fingerprint density at radius 1 is 1.19 bits per heavy atom. The summed E-state index contributed by atoms with van der Waals surface area (Å²) in [6, 6.07) is 16.7. The highest BCUT2D eigenvalue weighted by molar-refractivity contribution is 5.66. The summed E-state index contributed by atoms with van der Waals surface area (Å²) < 4.78 is 13.8. The second-order valence-corrected chi connectivity index (χ2v) is 9.49. The molecule has 4 nitrogen and oxygen atoms in total. The number of carboxylic acids is 1. The van der Waals surface area contributed by atoms with E-state index in [1.165, 1.54) is 17.5 Å². The Bertz CT molecular complexity index is 894. The van der Waals surface area contributed by atoms with Crippen LogP contribution in [0.3, 0.4) is 0 Å². The van der Waals surface area contributed by atoms with Gasteiger partial charge in [0.1, 0.15) is 5.82 Å². The van der Waals surface area contributed by atoms with Crippen LogP contribution in [0.15, 0.2) is 48.5 Å². The predicted octanol–water partition coefficient (Wildman–Crippen LogP) is 4.38. The zero-order chi connectivity index (χ0) is 21.8. The molecule has 2 fully saturated rings. The largest absolute Gasteiger partial charge is 0.481 e. The van der Waals surface area contributed by atoms with Gasteiger partial charge in [-0.2, -0.15) is 0 Å². The third-order valence-electron chi connectivity index (χ3n) is 7.12. The van der Waals surface area contributed by atoms with Crippen LogP contribution in [0.25, 0.3) is 0 Å². The van der Waals surface area contributed by atoms with Crippen LogP contribution in [-0.2, 0) is 11.2 Å². The van der Waals surface area contributed by atoms with E-state index in [-0.39, 0.29) is 17.7 Å². The van der Waals surface area contributed by atoms with Crippen molar-refractivity contribution in [1.29, 1.82) is 0 Å². The van der Waals surface area contributed by atoms with Crippen LogP contribution in [0.5, 0.6) is 0 Å². The monoisotopic (exact) mass is 424 g/mol. The molecule has 2 aromatic carbocycles. The lowest BCUT2D eigenvalue weighted by Gasteiger charge is -2.42. The molecule has 2 aromatic rings. The molecular weight excluding hydrogens is 391 g/mol. The van der Waals surface area contributed by atoms with Crippen molar-refractivity contribution < 1.29 is 14.3 Å². The Morgan fingerprint density at radius 2 is 1.94 bits per heavy atom. The van der Waals surface area contributed by atoms with E-state index in [1.807, 2.05) is 19.1 Å². The fraction of sp³-hybridized carbons (Fsp3) is 0.500. The van der Waals surface area contributed by atoms with Crippen LogP contribution < -0.4 is 5.32 Å². The molecule has 2 atom stereocenters. The van der Waals surface area contributed by atoms with Gasteiger partial charge < -0.3 is 15.3 Å². The molecule has 1 aliphatic carbocycles. The van der Waals surface area contributed by atoms with Crippen LogP contribution in [0, 0.1) is 18.2 Å². The zero-order valence-electron chi connectivity index (χ0n) is 18.3. The minimum absolute atomic E-state index is 0.119. The van der Waals surface area contributed by atoms with Crippen molar-refractivity contribution in [1.82, 2.24) is 10.2 Å². The average molecular weight is 425 g/mol. The third-order valence-corrected chi connectivity index (χ3v) is 7.12. The van der Waals surface area contributed by atoms with E-state index in [1.54, 1.807) is 6.07 Å². The molecule has 5 heteroatoms. The fourth-order valence-electron chi connectivity index (χ4n) is 5.01. The highest BCUT2D eigenvalue weighted by Crippen LogP contribution is 2.42. The van der Waals surface area contributed by atoms with Gasteiger partial charge in [0, 0.05) is 25.0 Å². The standard InChI is InChI=1S/C26H33FN2O2/c1-19-15-20(7-8-23(19)27)17-26(10-13-29(14-11-26)12-9-25(30)31)18-28-24-16-22(24)21-5-3-2-4-6-21/h2-8,15,22,24,28H,9-14,16-18H2,1H3,(H,30,31)/t22?,24-/m1/s1. The molecule has 166 valence electrons. The number of nitrogens with zero attached hydrogens (tertiary/aromatic N) is 1. The number of likely N-dealkylation sites (tertiary alicyclic amines) is 1. The number of aliphatic carboxylic acids is 1. The number of aryl methyl sites for hydroxylation is 1. The molecule has 1 saturated heterocycles. The average Bonchev–Trinajstić information content (AvgIpc) is 3.55. The molecule has 31 heavy (non-hydrogen) atoms. The number of rotatable bonds is 9. The molecule has 2 N–H and O–H groups in total. The van der Waals surface area contributed by atoms with E-state index in [4.69, 9.17) is 5.11 Å². The normalized spacial score (nSPS) is 22.9. The topological polar surface area (TPSA) is 52.6 Å². The van der Waals surface area contributed by atoms with Crippen LogP contribution in [0.1, 0.15) is 48.3 Å². The Hall–Kier alpha value is -2.24. The lowest BCUT2D eigenvalue weighted by atomic mass is 9.73. The van der Waals surface area contributed by atoms with Gasteiger partial charge in [-0.15, -0.1) is 0 Å². The lowest BCUT2D eigenvalue weighted by Crippen LogP contribution is -2.47. The number of hydrogen-bond donors (Lipinski definition) is 2. The number of piperidine rings is 1. The fourth-order valence-corrected chi connectivity index (χ4v) is 5.01. The van der Waals surface area contributed by atoms with E-state index < -0.39 is 5.97 Å². The van der Waals surface area contributed by atoms with Gasteiger partial charge in [0.25, 0.3) is 0 Å². The number of carbonyl (C=O) groups is 1. The number of hydrogen-bond acceptors (Lipinski definition) is 3. The van der Waals surface area contributed by atoms with Crippen molar-refractivity contribution in [2.75, 3.05) is 26.2 Å². The van der Waals surface area contributed by atoms with Gasteiger partial charge in [-0.3, -0.25) is 4.79 Å². The second-order valence-electron chi connectivity index (χ2n) is 9.49. The Kier molecular flexibility index (Phi) is 6.73. The summed E-state index contributed by atoms with van der Waals surface area (Å²) in [6.45, 7) is 5.23. The first-order valence-electron chi connectivity index (χ1n) is 11.4. The van der Waals surface area contributed by atoms with Crippen molar-refractivity contribution in [2.45, 2.75) is 51.0 Å². The summed E-state index contributed by atoms with van der Waals surface area (Å²) in [5, 5.41) is 12.8. The van der Waals surface area contributed by atoms with Crippen LogP contribution in [-0.4, -0.2) is 48.2 Å². The summed E-state index contributed by atoms with van der Waals surface area (Å²) >= 11 is 0. The molecule has 1 saturated carbocycles. The van der Waals surface area contributed by atoms with Crippen molar-refractivity contribution in [3.8, 4) is 0 Å². The quantitative estimate of drug-likeness (QED) is 0.627. The Morgan fingerprint density at radius 3 is 2.61 bits per heavy atom. The van der Waals surface area contributed by atoms with E-state index in [0.29, 0.717) is 24.1 Å². The second kappa shape index (κ2) is 9.49. The molecule has 1 unspecified atom stereocenters. The van der Waals surface area contributed by atoms with Gasteiger partial charge in [-0.05, 0) is 73.9 Å². The van der Waals surface area contributed by atoms with Crippen LogP contribution in [0.4, 0.5) is 4.39 Å². The molecule has 1 aliphatic heterocycles. The maximum absolute atomic E-state index is 13.8. The van der Waals surface area contributed by atoms with Gasteiger partial charge in [0.15, 0.2) is 0 Å². The smallest absolute Gasteiger partial charge is 0.304 e. The number of carboxylic acid groups (broad SMARTS) is 1. The predicted molar refractivity (Wildman–Crippen MR) is 121 cm³/mol. The van der Waals surface area contributed by atoms with Crippen LogP contribution >= 0.6 is 0 Å². The van der Waals surface area contributed by atoms with Gasteiger partial charge in [-0.25, -0.2) is 4.39 Å². The van der Waals surface area contributed by atoms with Gasteiger partial charge in [0.05, 0.1) is 6.42 Å². The van der Waals surface area contributed by atoms with Crippen molar-refractivity contribution in [3.05, 3.63) is 71.0 Å². The third kappa shape index (κ3) is 5.72. The molecule has 0 radical (unpaired) electrons. The number of halogens is 1. The summed E-state index contributed by atoms with van der Waals surface area (Å²) in [5.74, 6) is -0.286. The molecule has 0 bridgehead atoms. The van der Waals surface area contributed by atoms with E-state index in [0.717, 1.165) is 38.9 Å². The first kappa shape index (κ1) is 22.0. The van der Waals surface area contributed by atoms with E-state index in [9.17, 15) is 9.18 Å². The van der Waals surface area contributed by atoms with Gasteiger partial charge >= 0.3 is 5.97 Å². The van der Waals surface area contributed by atoms with Gasteiger partial charge in [-0.1, -0.05) is 42.5 Å². The maximum Gasteiger partial charge on any atom is 0.304 e. The number of nitrogens with one attached hydrogen (secondary N) is 1. The minimum atomic E-state index is -0.735. The molecule has 4 rings (SSSR count). The van der Waals surface area contributed by atoms with E-state index >= 15 is 0 Å². The molecule has 0 aromatic heterocycles. The molecule has 0 amide bonds. The van der Waals surface area contributed by atoms with Crippen molar-refractivity contribution >= 4 is 5.97 Å². The van der Waals surface area contributed by atoms with Crippen molar-refractivity contribution in [2.24, 2.45) is 5.41 Å². The van der Waals surface area contributed by atoms with Crippen molar-refractivity contribution in [3.63, 3.8) is 0 Å². The summed E-state index contributed by atoms with van der Waals surface area (Å²) in [6.07, 6.45) is 4.36. The molecule has 1 heterocycles. The summed E-state index contributed by atoms with van der Waals surface area (Å²) in [4.78, 5) is 13.2.